The van der Waals surface area contributed by atoms with Crippen LogP contribution in [0.25, 0.3) is 22.0 Å². The zero-order valence-electron chi connectivity index (χ0n) is 18.8. The number of aromatic nitrogens is 2. The van der Waals surface area contributed by atoms with Crippen LogP contribution < -0.4 is 4.74 Å². The van der Waals surface area contributed by atoms with Gasteiger partial charge in [0.2, 0.25) is 0 Å². The molecule has 0 amide bonds. The minimum Gasteiger partial charge on any atom is -0.507 e. The number of aryl methyl sites for hydroxylation is 1. The molecule has 2 aromatic heterocycles. The van der Waals surface area contributed by atoms with Crippen LogP contribution >= 0.6 is 12.4 Å². The maximum absolute atomic E-state index is 13.4. The summed E-state index contributed by atoms with van der Waals surface area (Å²) < 4.78 is 52.6. The van der Waals surface area contributed by atoms with E-state index in [-0.39, 0.29) is 42.7 Å². The molecule has 0 unspecified atom stereocenters. The largest absolute Gasteiger partial charge is 0.507 e. The smallest absolute Gasteiger partial charge is 0.419 e. The number of phenolic OH excluding ortho intramolecular Hbond substituents is 1. The van der Waals surface area contributed by atoms with Crippen LogP contribution in [-0.2, 0) is 24.6 Å². The first-order chi connectivity index (χ1) is 16.2. The van der Waals surface area contributed by atoms with Crippen LogP contribution in [0.4, 0.5) is 13.2 Å². The van der Waals surface area contributed by atoms with Gasteiger partial charge in [0.1, 0.15) is 18.1 Å². The van der Waals surface area contributed by atoms with Gasteiger partial charge >= 0.3 is 12.1 Å². The Kier molecular flexibility index (Phi) is 7.60. The number of ether oxygens (including phenoxy) is 2. The van der Waals surface area contributed by atoms with E-state index in [4.69, 9.17) is 9.47 Å². The predicted molar refractivity (Wildman–Crippen MR) is 127 cm³/mol. The van der Waals surface area contributed by atoms with Gasteiger partial charge in [0.05, 0.1) is 23.4 Å². The van der Waals surface area contributed by atoms with E-state index in [0.29, 0.717) is 27.7 Å². The molecule has 10 heteroatoms. The minimum absolute atomic E-state index is 0. The van der Waals surface area contributed by atoms with Crippen molar-refractivity contribution in [3.63, 3.8) is 0 Å². The number of pyridine rings is 1. The van der Waals surface area contributed by atoms with E-state index in [2.05, 4.69) is 4.98 Å². The molecule has 0 aliphatic heterocycles. The van der Waals surface area contributed by atoms with Crippen LogP contribution in [0.5, 0.6) is 11.5 Å². The SMILES string of the molecule is CCOC(=O)c1c(COc2ccccc2C(F)(F)F)n(C)c2cc(-c3cccnc3)c(O)cc12.Cl. The van der Waals surface area contributed by atoms with Gasteiger partial charge in [-0.2, -0.15) is 13.2 Å². The molecule has 6 nitrogen and oxygen atoms in total. The molecule has 2 heterocycles. The maximum Gasteiger partial charge on any atom is 0.419 e. The molecule has 184 valence electrons. The number of para-hydroxylation sites is 1. The molecule has 0 fully saturated rings. The number of halogens is 4. The molecule has 2 aromatic carbocycles. The topological polar surface area (TPSA) is 73.6 Å². The highest BCUT2D eigenvalue weighted by Crippen LogP contribution is 2.39. The lowest BCUT2D eigenvalue weighted by Gasteiger charge is -2.15. The molecule has 0 aliphatic rings. The lowest BCUT2D eigenvalue weighted by Crippen LogP contribution is -2.13. The fourth-order valence-electron chi connectivity index (χ4n) is 3.85. The molecule has 4 rings (SSSR count). The predicted octanol–water partition coefficient (Wildman–Crippen LogP) is 6.14. The van der Waals surface area contributed by atoms with Gasteiger partial charge < -0.3 is 19.1 Å². The molecule has 35 heavy (non-hydrogen) atoms. The van der Waals surface area contributed by atoms with Crippen LogP contribution in [0.2, 0.25) is 0 Å². The summed E-state index contributed by atoms with van der Waals surface area (Å²) in [6, 6.07) is 11.5. The van der Waals surface area contributed by atoms with Crippen molar-refractivity contribution in [2.45, 2.75) is 19.7 Å². The second-order valence-corrected chi connectivity index (χ2v) is 7.51. The Labute approximate surface area is 205 Å². The molecule has 0 spiro atoms. The van der Waals surface area contributed by atoms with Crippen molar-refractivity contribution in [1.82, 2.24) is 9.55 Å². The van der Waals surface area contributed by atoms with Crippen molar-refractivity contribution in [1.29, 1.82) is 0 Å². The molecule has 0 saturated carbocycles. The number of nitrogens with zero attached hydrogens (tertiary/aromatic N) is 2. The third kappa shape index (κ3) is 5.05. The van der Waals surface area contributed by atoms with Crippen LogP contribution in [0.15, 0.2) is 60.9 Å². The molecule has 0 aliphatic carbocycles. The van der Waals surface area contributed by atoms with Gasteiger partial charge in [-0.05, 0) is 37.3 Å². The normalized spacial score (nSPS) is 11.2. The number of aromatic hydroxyl groups is 1. The van der Waals surface area contributed by atoms with Crippen molar-refractivity contribution in [3.8, 4) is 22.6 Å². The number of rotatable bonds is 6. The summed E-state index contributed by atoms with van der Waals surface area (Å²) >= 11 is 0. The average Bonchev–Trinajstić information content (AvgIpc) is 3.08. The second kappa shape index (κ2) is 10.3. The Bertz CT molecular complexity index is 1350. The Hall–Kier alpha value is -3.72. The fraction of sp³-hybridized carbons (Fsp3) is 0.200. The molecular weight excluding hydrogens is 485 g/mol. The zero-order valence-corrected chi connectivity index (χ0v) is 19.6. The lowest BCUT2D eigenvalue weighted by atomic mass is 10.0. The Morgan fingerprint density at radius 3 is 2.54 bits per heavy atom. The fourth-order valence-corrected chi connectivity index (χ4v) is 3.85. The molecule has 0 radical (unpaired) electrons. The van der Waals surface area contributed by atoms with E-state index in [9.17, 15) is 23.1 Å². The van der Waals surface area contributed by atoms with Gasteiger partial charge in [-0.25, -0.2) is 4.79 Å². The van der Waals surface area contributed by atoms with E-state index < -0.39 is 17.7 Å². The maximum atomic E-state index is 13.4. The van der Waals surface area contributed by atoms with Crippen molar-refractivity contribution in [2.75, 3.05) is 6.61 Å². The average molecular weight is 507 g/mol. The monoisotopic (exact) mass is 506 g/mol. The van der Waals surface area contributed by atoms with Crippen LogP contribution in [0.3, 0.4) is 0 Å². The Morgan fingerprint density at radius 1 is 1.14 bits per heavy atom. The summed E-state index contributed by atoms with van der Waals surface area (Å²) in [7, 11) is 1.67. The highest BCUT2D eigenvalue weighted by molar-refractivity contribution is 6.07. The highest BCUT2D eigenvalue weighted by atomic mass is 35.5. The summed E-state index contributed by atoms with van der Waals surface area (Å²) in [5.41, 5.74) is 1.25. The van der Waals surface area contributed by atoms with Gasteiger partial charge in [-0.1, -0.05) is 18.2 Å². The number of phenols is 1. The number of hydrogen-bond donors (Lipinski definition) is 1. The number of carbonyl (C=O) groups excluding carboxylic acids is 1. The van der Waals surface area contributed by atoms with Crippen LogP contribution in [0, 0.1) is 0 Å². The first-order valence-corrected chi connectivity index (χ1v) is 10.4. The van der Waals surface area contributed by atoms with E-state index in [1.165, 1.54) is 24.3 Å². The molecule has 0 atom stereocenters. The van der Waals surface area contributed by atoms with Crippen molar-refractivity contribution >= 4 is 29.3 Å². The van der Waals surface area contributed by atoms with Gasteiger partial charge in [0.15, 0.2) is 0 Å². The summed E-state index contributed by atoms with van der Waals surface area (Å²) in [5, 5.41) is 11.1. The van der Waals surface area contributed by atoms with Crippen molar-refractivity contribution in [2.24, 2.45) is 7.05 Å². The van der Waals surface area contributed by atoms with Crippen LogP contribution in [-0.4, -0.2) is 27.2 Å². The van der Waals surface area contributed by atoms with E-state index in [1.54, 1.807) is 49.1 Å². The first kappa shape index (κ1) is 25.9. The summed E-state index contributed by atoms with van der Waals surface area (Å²) in [6.45, 7) is 1.43. The Morgan fingerprint density at radius 2 is 1.89 bits per heavy atom. The van der Waals surface area contributed by atoms with Gasteiger partial charge in [-0.15, -0.1) is 12.4 Å². The zero-order chi connectivity index (χ0) is 24.5. The molecule has 0 saturated heterocycles. The third-order valence-corrected chi connectivity index (χ3v) is 5.45. The molecule has 4 aromatic rings. The van der Waals surface area contributed by atoms with Gasteiger partial charge in [0, 0.05) is 41.5 Å². The third-order valence-electron chi connectivity index (χ3n) is 5.45. The van der Waals surface area contributed by atoms with Gasteiger partial charge in [-0.3, -0.25) is 4.98 Å². The molecule has 0 bridgehead atoms. The van der Waals surface area contributed by atoms with Crippen LogP contribution in [0.1, 0.15) is 28.5 Å². The summed E-state index contributed by atoms with van der Waals surface area (Å²) in [4.78, 5) is 16.9. The number of hydrogen-bond acceptors (Lipinski definition) is 5. The minimum atomic E-state index is -4.59. The number of alkyl halides is 3. The quantitative estimate of drug-likeness (QED) is 0.318. The number of esters is 1. The summed E-state index contributed by atoms with van der Waals surface area (Å²) in [5.74, 6) is -1.09. The van der Waals surface area contributed by atoms with Crippen molar-refractivity contribution in [3.05, 3.63) is 77.7 Å². The highest BCUT2D eigenvalue weighted by Gasteiger charge is 2.34. The van der Waals surface area contributed by atoms with Crippen molar-refractivity contribution < 1.29 is 32.5 Å². The van der Waals surface area contributed by atoms with E-state index >= 15 is 0 Å². The lowest BCUT2D eigenvalue weighted by molar-refractivity contribution is -0.139. The first-order valence-electron chi connectivity index (χ1n) is 10.4. The van der Waals surface area contributed by atoms with Gasteiger partial charge in [0.25, 0.3) is 0 Å². The number of carbonyl (C=O) groups is 1. The molecular formula is C25H22ClF3N2O4. The van der Waals surface area contributed by atoms with E-state index in [1.807, 2.05) is 0 Å². The standard InChI is InChI=1S/C25H21F3N2O4.ClH/c1-3-33-24(32)23-17-12-21(31)16(15-7-6-10-29-13-15)11-19(17)30(2)20(23)14-34-22-9-5-4-8-18(22)25(26,27)28;/h4-13,31H,3,14H2,1-2H3;1H. The second-order valence-electron chi connectivity index (χ2n) is 7.51. The Balaban J connectivity index is 0.00000342. The summed E-state index contributed by atoms with van der Waals surface area (Å²) in [6.07, 6.45) is -1.40. The van der Waals surface area contributed by atoms with E-state index in [0.717, 1.165) is 6.07 Å². The number of fused-ring (bicyclic) bond motifs is 1. The number of benzene rings is 2. The molecule has 1 N–H and O–H groups in total.